The first-order chi connectivity index (χ1) is 12.3. The number of nitrogens with one attached hydrogen (secondary N) is 1. The van der Waals surface area contributed by atoms with Crippen molar-refractivity contribution in [3.63, 3.8) is 0 Å². The molecule has 0 atom stereocenters. The fourth-order valence-electron chi connectivity index (χ4n) is 4.45. The summed E-state index contributed by atoms with van der Waals surface area (Å²) in [5.41, 5.74) is 5.69. The van der Waals surface area contributed by atoms with E-state index in [1.54, 1.807) is 11.3 Å². The summed E-state index contributed by atoms with van der Waals surface area (Å²) in [6, 6.07) is 15.4. The van der Waals surface area contributed by atoms with Crippen LogP contribution in [0.3, 0.4) is 0 Å². The number of hydrogen-bond acceptors (Lipinski definition) is 2. The third kappa shape index (κ3) is 2.75. The zero-order valence-corrected chi connectivity index (χ0v) is 15.5. The monoisotopic (exact) mass is 348 g/mol. The van der Waals surface area contributed by atoms with Crippen LogP contribution in [0, 0.1) is 5.92 Å². The number of hydrogen-bond donors (Lipinski definition) is 1. The smallest absolute Gasteiger partial charge is 0.0476 e. The number of aromatic amines is 1. The van der Waals surface area contributed by atoms with Crippen LogP contribution in [0.1, 0.15) is 26.2 Å². The minimum atomic E-state index is 0.947. The molecule has 3 saturated heterocycles. The first-order valence-electron chi connectivity index (χ1n) is 9.35. The Kier molecular flexibility index (Phi) is 3.78. The first-order valence-corrected chi connectivity index (χ1v) is 10.3. The molecule has 3 heteroatoms. The fraction of sp³-hybridized carbons (Fsp3) is 0.364. The van der Waals surface area contributed by atoms with Crippen LogP contribution in [-0.4, -0.2) is 28.7 Å². The molecule has 4 heterocycles. The van der Waals surface area contributed by atoms with Crippen molar-refractivity contribution in [3.8, 4) is 0 Å². The number of H-pyrrole nitrogens is 1. The summed E-state index contributed by atoms with van der Waals surface area (Å²) in [6.07, 6.45) is 4.12. The minimum Gasteiger partial charge on any atom is -0.375 e. The lowest BCUT2D eigenvalue weighted by Crippen LogP contribution is -2.40. The quantitative estimate of drug-likeness (QED) is 0.603. The second-order valence-electron chi connectivity index (χ2n) is 7.53. The summed E-state index contributed by atoms with van der Waals surface area (Å²) in [4.78, 5) is 7.55. The van der Waals surface area contributed by atoms with Crippen LogP contribution in [0.15, 0.2) is 58.6 Å². The van der Waals surface area contributed by atoms with Crippen LogP contribution < -0.4 is 0 Å². The van der Waals surface area contributed by atoms with Gasteiger partial charge in [0.15, 0.2) is 0 Å². The molecule has 1 N–H and O–H groups in total. The van der Waals surface area contributed by atoms with Crippen molar-refractivity contribution in [2.24, 2.45) is 5.92 Å². The number of benzene rings is 2. The topological polar surface area (TPSA) is 19.0 Å². The Balaban J connectivity index is 1.38. The third-order valence-electron chi connectivity index (χ3n) is 5.90. The minimum absolute atomic E-state index is 0.947. The Labute approximate surface area is 153 Å². The molecule has 3 aromatic rings. The lowest BCUT2D eigenvalue weighted by atomic mass is 9.85. The van der Waals surface area contributed by atoms with Gasteiger partial charge in [-0.1, -0.05) is 24.3 Å². The molecule has 0 unspecified atom stereocenters. The van der Waals surface area contributed by atoms with Crippen LogP contribution in [0.2, 0.25) is 0 Å². The van der Waals surface area contributed by atoms with Crippen molar-refractivity contribution >= 4 is 33.6 Å². The van der Waals surface area contributed by atoms with Crippen molar-refractivity contribution in [1.82, 2.24) is 9.88 Å². The second kappa shape index (κ2) is 6.14. The molecule has 0 aliphatic carbocycles. The van der Waals surface area contributed by atoms with Crippen molar-refractivity contribution in [3.05, 3.63) is 53.7 Å². The van der Waals surface area contributed by atoms with Crippen molar-refractivity contribution in [1.29, 1.82) is 0 Å². The predicted octanol–water partition coefficient (Wildman–Crippen LogP) is 5.80. The Morgan fingerprint density at radius 1 is 1.08 bits per heavy atom. The maximum absolute atomic E-state index is 3.56. The molecule has 2 aromatic carbocycles. The van der Waals surface area contributed by atoms with Gasteiger partial charge in [0.2, 0.25) is 0 Å². The molecule has 2 nitrogen and oxygen atoms in total. The molecule has 1 aromatic heterocycles. The number of para-hydroxylation sites is 1. The van der Waals surface area contributed by atoms with Gasteiger partial charge in [-0.25, -0.2) is 0 Å². The van der Waals surface area contributed by atoms with Gasteiger partial charge in [-0.2, -0.15) is 0 Å². The number of piperidine rings is 3. The fourth-order valence-corrected chi connectivity index (χ4v) is 5.37. The molecule has 25 heavy (non-hydrogen) atoms. The Morgan fingerprint density at radius 3 is 2.68 bits per heavy atom. The van der Waals surface area contributed by atoms with Crippen LogP contribution in [0.5, 0.6) is 0 Å². The van der Waals surface area contributed by atoms with Gasteiger partial charge >= 0.3 is 0 Å². The zero-order valence-electron chi connectivity index (χ0n) is 14.7. The molecule has 6 rings (SSSR count). The normalized spacial score (nSPS) is 20.0. The molecule has 2 bridgehead atoms. The summed E-state index contributed by atoms with van der Waals surface area (Å²) >= 11 is 1.97. The number of rotatable bonds is 3. The van der Waals surface area contributed by atoms with Gasteiger partial charge in [0, 0.05) is 51.2 Å². The van der Waals surface area contributed by atoms with Crippen molar-refractivity contribution in [2.45, 2.75) is 31.1 Å². The van der Waals surface area contributed by atoms with Gasteiger partial charge < -0.3 is 9.88 Å². The van der Waals surface area contributed by atoms with E-state index in [0.29, 0.717) is 0 Å². The summed E-state index contributed by atoms with van der Waals surface area (Å²) in [7, 11) is 0. The number of nitrogens with zero attached hydrogens (tertiary/aromatic N) is 1. The lowest BCUT2D eigenvalue weighted by Gasteiger charge is -2.43. The predicted molar refractivity (Wildman–Crippen MR) is 108 cm³/mol. The van der Waals surface area contributed by atoms with Gasteiger partial charge in [0.25, 0.3) is 0 Å². The molecule has 0 radical (unpaired) electrons. The molecule has 0 amide bonds. The standard InChI is InChI=1S/C22H24N2S/c1-15(22-12-16-8-10-24(22)11-9-16)14-25-17-6-7-19-18-4-2-3-5-20(18)23-21(19)13-17/h2-7,13,16,23H,8-12,14H2,1H3. The lowest BCUT2D eigenvalue weighted by molar-refractivity contribution is 0.158. The summed E-state index contributed by atoms with van der Waals surface area (Å²) < 4.78 is 0. The molecule has 0 saturated carbocycles. The number of fused-ring (bicyclic) bond motifs is 6. The molecule has 3 aliphatic rings. The number of thioether (sulfide) groups is 1. The highest BCUT2D eigenvalue weighted by atomic mass is 32.2. The van der Waals surface area contributed by atoms with E-state index in [0.717, 1.165) is 11.7 Å². The van der Waals surface area contributed by atoms with E-state index in [2.05, 4.69) is 59.3 Å². The van der Waals surface area contributed by atoms with E-state index >= 15 is 0 Å². The van der Waals surface area contributed by atoms with E-state index < -0.39 is 0 Å². The van der Waals surface area contributed by atoms with Gasteiger partial charge in [-0.15, -0.1) is 11.8 Å². The Bertz CT molecular complexity index is 960. The van der Waals surface area contributed by atoms with Gasteiger partial charge in [-0.05, 0) is 55.9 Å². The maximum Gasteiger partial charge on any atom is 0.0476 e. The van der Waals surface area contributed by atoms with Crippen molar-refractivity contribution in [2.75, 3.05) is 18.8 Å². The summed E-state index contributed by atoms with van der Waals surface area (Å²) in [5, 5.41) is 2.64. The highest BCUT2D eigenvalue weighted by Gasteiger charge is 2.29. The molecular weight excluding hydrogens is 324 g/mol. The molecule has 3 fully saturated rings. The SMILES string of the molecule is CC(CSc1ccc2c(c1)[nH]c1ccccc12)=C1CC2CCN1CC2. The average molecular weight is 349 g/mol. The summed E-state index contributed by atoms with van der Waals surface area (Å²) in [6.45, 7) is 4.90. The summed E-state index contributed by atoms with van der Waals surface area (Å²) in [5.74, 6) is 2.05. The van der Waals surface area contributed by atoms with E-state index in [1.807, 2.05) is 11.8 Å². The number of aromatic nitrogens is 1. The van der Waals surface area contributed by atoms with Crippen molar-refractivity contribution < 1.29 is 0 Å². The van der Waals surface area contributed by atoms with Crippen LogP contribution in [0.25, 0.3) is 21.8 Å². The van der Waals surface area contributed by atoms with Crippen LogP contribution in [-0.2, 0) is 0 Å². The maximum atomic E-state index is 3.56. The van der Waals surface area contributed by atoms with Gasteiger partial charge in [0.1, 0.15) is 0 Å². The van der Waals surface area contributed by atoms with E-state index in [4.69, 9.17) is 0 Å². The third-order valence-corrected chi connectivity index (χ3v) is 7.07. The van der Waals surface area contributed by atoms with E-state index in [1.165, 1.54) is 59.1 Å². The largest absolute Gasteiger partial charge is 0.375 e. The van der Waals surface area contributed by atoms with Crippen LogP contribution in [0.4, 0.5) is 0 Å². The van der Waals surface area contributed by atoms with Crippen LogP contribution >= 0.6 is 11.8 Å². The highest BCUT2D eigenvalue weighted by Crippen LogP contribution is 2.37. The number of allylic oxidation sites excluding steroid dienone is 1. The highest BCUT2D eigenvalue weighted by molar-refractivity contribution is 7.99. The van der Waals surface area contributed by atoms with E-state index in [9.17, 15) is 0 Å². The van der Waals surface area contributed by atoms with Gasteiger partial charge in [0.05, 0.1) is 0 Å². The average Bonchev–Trinajstić information content (AvgIpc) is 3.04. The molecule has 128 valence electrons. The first kappa shape index (κ1) is 15.4. The van der Waals surface area contributed by atoms with E-state index in [-0.39, 0.29) is 0 Å². The zero-order chi connectivity index (χ0) is 16.8. The Hall–Kier alpha value is -1.87. The molecule has 0 spiro atoms. The van der Waals surface area contributed by atoms with Gasteiger partial charge in [-0.3, -0.25) is 0 Å². The second-order valence-corrected chi connectivity index (χ2v) is 8.58. The molecular formula is C22H24N2S. The molecule has 3 aliphatic heterocycles. The Morgan fingerprint density at radius 2 is 1.88 bits per heavy atom.